The van der Waals surface area contributed by atoms with Crippen molar-refractivity contribution in [3.05, 3.63) is 11.6 Å². The van der Waals surface area contributed by atoms with Crippen molar-refractivity contribution < 1.29 is 4.84 Å². The first kappa shape index (κ1) is 11.0. The molecule has 0 N–H and O–H groups in total. The van der Waals surface area contributed by atoms with E-state index in [1.807, 2.05) is 20.8 Å². The predicted molar refractivity (Wildman–Crippen MR) is 60.0 cm³/mol. The highest BCUT2D eigenvalue weighted by Crippen LogP contribution is 2.07. The summed E-state index contributed by atoms with van der Waals surface area (Å²) in [5.74, 6) is 0. The number of hydrogen-bond donors (Lipinski definition) is 0. The molecule has 2 rings (SSSR count). The summed E-state index contributed by atoms with van der Waals surface area (Å²) in [6.07, 6.45) is 3.43. The van der Waals surface area contributed by atoms with E-state index in [2.05, 4.69) is 23.1 Å². The topological polar surface area (TPSA) is 34.0 Å². The molecule has 0 fully saturated rings. The Bertz CT molecular complexity index is 290. The standard InChI is InChI=1S/C6H9N.C5H9NO/c1-5-3-6(2)7-4-5;1-4-3-5(2)7-6-4/h3H,4H2,1-2H3;5H,3H2,1-2H3. The van der Waals surface area contributed by atoms with E-state index >= 15 is 0 Å². The summed E-state index contributed by atoms with van der Waals surface area (Å²) in [6.45, 7) is 9.03. The summed E-state index contributed by atoms with van der Waals surface area (Å²) in [4.78, 5) is 8.99. The van der Waals surface area contributed by atoms with E-state index in [4.69, 9.17) is 4.84 Å². The molecule has 2 aliphatic rings. The van der Waals surface area contributed by atoms with Crippen molar-refractivity contribution in [3.63, 3.8) is 0 Å². The van der Waals surface area contributed by atoms with Crippen molar-refractivity contribution in [1.29, 1.82) is 0 Å². The number of oxime groups is 1. The second-order valence-electron chi connectivity index (χ2n) is 3.90. The minimum atomic E-state index is 0.319. The lowest BCUT2D eigenvalue weighted by Gasteiger charge is -1.93. The third-order valence-electron chi connectivity index (χ3n) is 2.00. The van der Waals surface area contributed by atoms with Gasteiger partial charge in [-0.3, -0.25) is 4.99 Å². The van der Waals surface area contributed by atoms with Crippen LogP contribution in [0.15, 0.2) is 21.8 Å². The first-order valence-electron chi connectivity index (χ1n) is 4.95. The minimum Gasteiger partial charge on any atom is -0.392 e. The second kappa shape index (κ2) is 4.94. The molecule has 14 heavy (non-hydrogen) atoms. The van der Waals surface area contributed by atoms with Gasteiger partial charge in [0.25, 0.3) is 0 Å². The summed E-state index contributed by atoms with van der Waals surface area (Å²) in [7, 11) is 0. The number of aliphatic imine (C=N–C) groups is 1. The van der Waals surface area contributed by atoms with Crippen molar-refractivity contribution in [3.8, 4) is 0 Å². The molecule has 0 spiro atoms. The number of nitrogens with zero attached hydrogens (tertiary/aromatic N) is 2. The number of allylic oxidation sites excluding steroid dienone is 1. The Morgan fingerprint density at radius 3 is 2.21 bits per heavy atom. The normalized spacial score (nSPS) is 24.3. The average molecular weight is 194 g/mol. The van der Waals surface area contributed by atoms with Crippen molar-refractivity contribution in [1.82, 2.24) is 0 Å². The number of rotatable bonds is 0. The van der Waals surface area contributed by atoms with Gasteiger partial charge >= 0.3 is 0 Å². The maximum atomic E-state index is 4.85. The van der Waals surface area contributed by atoms with E-state index < -0.39 is 0 Å². The predicted octanol–water partition coefficient (Wildman–Crippen LogP) is 2.58. The van der Waals surface area contributed by atoms with Crippen LogP contribution in [0, 0.1) is 0 Å². The molecule has 0 saturated carbocycles. The van der Waals surface area contributed by atoms with Crippen molar-refractivity contribution in [2.75, 3.05) is 6.54 Å². The van der Waals surface area contributed by atoms with Gasteiger partial charge in [-0.15, -0.1) is 0 Å². The molecule has 2 heterocycles. The van der Waals surface area contributed by atoms with Crippen LogP contribution in [0.1, 0.15) is 34.1 Å². The zero-order valence-electron chi connectivity index (χ0n) is 9.37. The van der Waals surface area contributed by atoms with E-state index in [0.717, 1.165) is 24.4 Å². The fraction of sp³-hybridized carbons (Fsp3) is 0.636. The van der Waals surface area contributed by atoms with Crippen LogP contribution in [-0.2, 0) is 4.84 Å². The van der Waals surface area contributed by atoms with Gasteiger partial charge in [0.2, 0.25) is 0 Å². The third kappa shape index (κ3) is 3.73. The molecule has 0 bridgehead atoms. The molecule has 78 valence electrons. The van der Waals surface area contributed by atoms with Crippen LogP contribution in [0.25, 0.3) is 0 Å². The highest BCUT2D eigenvalue weighted by Gasteiger charge is 2.10. The molecule has 0 aliphatic carbocycles. The molecule has 3 heteroatoms. The third-order valence-corrected chi connectivity index (χ3v) is 2.00. The van der Waals surface area contributed by atoms with Crippen LogP contribution in [0.3, 0.4) is 0 Å². The molecule has 0 aromatic rings. The van der Waals surface area contributed by atoms with E-state index in [1.165, 1.54) is 5.57 Å². The first-order valence-corrected chi connectivity index (χ1v) is 4.95. The van der Waals surface area contributed by atoms with Gasteiger partial charge in [-0.2, -0.15) is 0 Å². The Morgan fingerprint density at radius 2 is 2.07 bits per heavy atom. The summed E-state index contributed by atoms with van der Waals surface area (Å²) in [5, 5.41) is 3.73. The smallest absolute Gasteiger partial charge is 0.130 e. The van der Waals surface area contributed by atoms with Crippen LogP contribution in [-0.4, -0.2) is 24.1 Å². The van der Waals surface area contributed by atoms with Crippen LogP contribution in [0.2, 0.25) is 0 Å². The quantitative estimate of drug-likeness (QED) is 0.583. The Morgan fingerprint density at radius 1 is 1.36 bits per heavy atom. The average Bonchev–Trinajstić information content (AvgIpc) is 2.63. The first-order chi connectivity index (χ1) is 6.58. The Kier molecular flexibility index (Phi) is 3.86. The molecule has 0 radical (unpaired) electrons. The maximum Gasteiger partial charge on any atom is 0.130 e. The van der Waals surface area contributed by atoms with E-state index in [0.29, 0.717) is 6.10 Å². The van der Waals surface area contributed by atoms with Gasteiger partial charge in [0.1, 0.15) is 6.10 Å². The molecule has 1 atom stereocenters. The minimum absolute atomic E-state index is 0.319. The van der Waals surface area contributed by atoms with E-state index in [1.54, 1.807) is 0 Å². The molecule has 2 aliphatic heterocycles. The molecule has 0 amide bonds. The Hall–Kier alpha value is -1.12. The van der Waals surface area contributed by atoms with E-state index in [9.17, 15) is 0 Å². The lowest BCUT2D eigenvalue weighted by atomic mass is 10.2. The lowest BCUT2D eigenvalue weighted by molar-refractivity contribution is 0.0995. The molecule has 0 aromatic carbocycles. The fourth-order valence-corrected chi connectivity index (χ4v) is 1.37. The van der Waals surface area contributed by atoms with Gasteiger partial charge in [-0.25, -0.2) is 0 Å². The number of hydrogen-bond acceptors (Lipinski definition) is 3. The van der Waals surface area contributed by atoms with Gasteiger partial charge in [-0.1, -0.05) is 10.7 Å². The largest absolute Gasteiger partial charge is 0.392 e. The SMILES string of the molecule is CC1=CC(C)=NC1.CC1=NOC(C)C1. The van der Waals surface area contributed by atoms with Gasteiger partial charge in [0, 0.05) is 12.1 Å². The van der Waals surface area contributed by atoms with Crippen LogP contribution >= 0.6 is 0 Å². The summed E-state index contributed by atoms with van der Waals surface area (Å²) >= 11 is 0. The van der Waals surface area contributed by atoms with E-state index in [-0.39, 0.29) is 0 Å². The van der Waals surface area contributed by atoms with Crippen molar-refractivity contribution >= 4 is 11.4 Å². The summed E-state index contributed by atoms with van der Waals surface area (Å²) in [6, 6.07) is 0. The lowest BCUT2D eigenvalue weighted by Crippen LogP contribution is -1.97. The van der Waals surface area contributed by atoms with Gasteiger partial charge in [0.05, 0.1) is 12.3 Å². The monoisotopic (exact) mass is 194 g/mol. The molecular weight excluding hydrogens is 176 g/mol. The molecule has 0 aromatic heterocycles. The van der Waals surface area contributed by atoms with Crippen molar-refractivity contribution in [2.45, 2.75) is 40.2 Å². The molecule has 3 nitrogen and oxygen atoms in total. The molecular formula is C11H18N2O. The summed E-state index contributed by atoms with van der Waals surface area (Å²) < 4.78 is 0. The Balaban J connectivity index is 0.000000140. The van der Waals surface area contributed by atoms with Gasteiger partial charge in [-0.05, 0) is 33.8 Å². The molecule has 0 saturated heterocycles. The zero-order valence-corrected chi connectivity index (χ0v) is 9.37. The summed E-state index contributed by atoms with van der Waals surface area (Å²) in [5.41, 5.74) is 3.64. The van der Waals surface area contributed by atoms with Gasteiger partial charge < -0.3 is 4.84 Å². The fourth-order valence-electron chi connectivity index (χ4n) is 1.37. The highest BCUT2D eigenvalue weighted by molar-refractivity contribution is 5.95. The Labute approximate surface area is 85.6 Å². The van der Waals surface area contributed by atoms with Crippen LogP contribution < -0.4 is 0 Å². The molecule has 1 unspecified atom stereocenters. The maximum absolute atomic E-state index is 4.85. The zero-order chi connectivity index (χ0) is 10.6. The highest BCUT2D eigenvalue weighted by atomic mass is 16.6. The van der Waals surface area contributed by atoms with Crippen LogP contribution in [0.4, 0.5) is 0 Å². The second-order valence-corrected chi connectivity index (χ2v) is 3.90. The van der Waals surface area contributed by atoms with Gasteiger partial charge in [0.15, 0.2) is 0 Å². The van der Waals surface area contributed by atoms with Crippen molar-refractivity contribution in [2.24, 2.45) is 10.1 Å². The van der Waals surface area contributed by atoms with Crippen LogP contribution in [0.5, 0.6) is 0 Å².